The van der Waals surface area contributed by atoms with Crippen LogP contribution in [-0.4, -0.2) is 0 Å². The molecule has 3 rings (SSSR count). The second-order valence-electron chi connectivity index (χ2n) is 10.5. The van der Waals surface area contributed by atoms with E-state index in [0.717, 1.165) is 35.5 Å². The molecule has 0 amide bonds. The molecule has 3 fully saturated rings. The van der Waals surface area contributed by atoms with Crippen LogP contribution in [0.4, 0.5) is 0 Å². The fourth-order valence-corrected chi connectivity index (χ4v) is 6.50. The molecule has 0 aliphatic heterocycles. The SMILES string of the molecule is CCC=CC1CCC(C=CCCC2CCC(C3CCC(CC)CC3)CC2)CC1. The molecule has 0 nitrogen and oxygen atoms in total. The van der Waals surface area contributed by atoms with E-state index in [2.05, 4.69) is 38.2 Å². The van der Waals surface area contributed by atoms with E-state index in [1.165, 1.54) is 77.0 Å². The molecule has 0 radical (unpaired) electrons. The van der Waals surface area contributed by atoms with E-state index < -0.39 is 0 Å². The van der Waals surface area contributed by atoms with E-state index in [0.29, 0.717) is 0 Å². The Morgan fingerprint density at radius 2 is 1.07 bits per heavy atom. The predicted molar refractivity (Wildman–Crippen MR) is 124 cm³/mol. The summed E-state index contributed by atoms with van der Waals surface area (Å²) in [7, 11) is 0. The normalized spacial score (nSPS) is 37.6. The summed E-state index contributed by atoms with van der Waals surface area (Å²) >= 11 is 0. The average Bonchev–Trinajstić information content (AvgIpc) is 2.76. The lowest BCUT2D eigenvalue weighted by molar-refractivity contribution is 0.143. The van der Waals surface area contributed by atoms with Crippen molar-refractivity contribution >= 4 is 0 Å². The Labute approximate surface area is 176 Å². The summed E-state index contributed by atoms with van der Waals surface area (Å²) in [6, 6.07) is 0. The third-order valence-electron chi connectivity index (χ3n) is 8.64. The minimum absolute atomic E-state index is 0.872. The maximum absolute atomic E-state index is 2.58. The molecule has 28 heavy (non-hydrogen) atoms. The van der Waals surface area contributed by atoms with Crippen LogP contribution in [-0.2, 0) is 0 Å². The second kappa shape index (κ2) is 12.2. The number of hydrogen-bond acceptors (Lipinski definition) is 0. The first kappa shape index (κ1) is 22.2. The van der Waals surface area contributed by atoms with Crippen LogP contribution in [0.2, 0.25) is 0 Å². The molecular formula is C28H48. The average molecular weight is 385 g/mol. The van der Waals surface area contributed by atoms with Crippen molar-refractivity contribution in [2.45, 2.75) is 117 Å². The minimum Gasteiger partial charge on any atom is -0.0885 e. The zero-order valence-electron chi connectivity index (χ0n) is 19.1. The van der Waals surface area contributed by atoms with Crippen molar-refractivity contribution in [3.63, 3.8) is 0 Å². The molecular weight excluding hydrogens is 336 g/mol. The Balaban J connectivity index is 1.26. The molecule has 0 aromatic heterocycles. The van der Waals surface area contributed by atoms with Crippen molar-refractivity contribution in [1.29, 1.82) is 0 Å². The zero-order chi connectivity index (χ0) is 19.6. The Bertz CT molecular complexity index is 448. The highest BCUT2D eigenvalue weighted by Gasteiger charge is 2.30. The molecule has 0 spiro atoms. The largest absolute Gasteiger partial charge is 0.0885 e. The molecule has 0 N–H and O–H groups in total. The molecule has 0 heterocycles. The fraction of sp³-hybridized carbons (Fsp3) is 0.857. The summed E-state index contributed by atoms with van der Waals surface area (Å²) in [6.07, 6.45) is 33.4. The van der Waals surface area contributed by atoms with Crippen molar-refractivity contribution in [2.75, 3.05) is 0 Å². The lowest BCUT2D eigenvalue weighted by atomic mass is 9.68. The summed E-state index contributed by atoms with van der Waals surface area (Å²) in [6.45, 7) is 4.63. The van der Waals surface area contributed by atoms with Gasteiger partial charge in [0.2, 0.25) is 0 Å². The Morgan fingerprint density at radius 3 is 1.57 bits per heavy atom. The molecule has 0 atom stereocenters. The molecule has 0 aromatic carbocycles. The van der Waals surface area contributed by atoms with Crippen molar-refractivity contribution < 1.29 is 0 Å². The van der Waals surface area contributed by atoms with Gasteiger partial charge in [0.05, 0.1) is 0 Å². The first-order valence-electron chi connectivity index (χ1n) is 13.1. The third-order valence-corrected chi connectivity index (χ3v) is 8.64. The van der Waals surface area contributed by atoms with E-state index in [1.54, 1.807) is 25.7 Å². The van der Waals surface area contributed by atoms with Gasteiger partial charge in [-0.2, -0.15) is 0 Å². The Hall–Kier alpha value is -0.520. The highest BCUT2D eigenvalue weighted by atomic mass is 14.4. The van der Waals surface area contributed by atoms with Crippen LogP contribution in [0.15, 0.2) is 24.3 Å². The van der Waals surface area contributed by atoms with Gasteiger partial charge in [0.1, 0.15) is 0 Å². The Kier molecular flexibility index (Phi) is 9.69. The van der Waals surface area contributed by atoms with Gasteiger partial charge in [0.15, 0.2) is 0 Å². The van der Waals surface area contributed by atoms with Crippen LogP contribution in [0.25, 0.3) is 0 Å². The van der Waals surface area contributed by atoms with Gasteiger partial charge in [-0.05, 0) is 106 Å². The maximum atomic E-state index is 2.58. The smallest absolute Gasteiger partial charge is 0.0233 e. The standard InChI is InChI=1S/C28H48/c1-3-5-8-24-11-13-25(14-12-24)9-6-7-10-26-17-21-28(22-18-26)27-19-15-23(4-2)16-20-27/h5-6,8-9,23-28H,3-4,7,10-22H2,1-2H3. The zero-order valence-corrected chi connectivity index (χ0v) is 19.1. The minimum atomic E-state index is 0.872. The van der Waals surface area contributed by atoms with Gasteiger partial charge < -0.3 is 0 Å². The van der Waals surface area contributed by atoms with Crippen LogP contribution in [0, 0.1) is 35.5 Å². The monoisotopic (exact) mass is 384 g/mol. The Morgan fingerprint density at radius 1 is 0.571 bits per heavy atom. The van der Waals surface area contributed by atoms with Crippen LogP contribution in [0.1, 0.15) is 117 Å². The van der Waals surface area contributed by atoms with E-state index in [4.69, 9.17) is 0 Å². The topological polar surface area (TPSA) is 0 Å². The molecule has 0 unspecified atom stereocenters. The summed E-state index contributed by atoms with van der Waals surface area (Å²) in [5.74, 6) is 6.01. The van der Waals surface area contributed by atoms with Crippen LogP contribution >= 0.6 is 0 Å². The summed E-state index contributed by atoms with van der Waals surface area (Å²) in [5.41, 5.74) is 0. The summed E-state index contributed by atoms with van der Waals surface area (Å²) in [4.78, 5) is 0. The van der Waals surface area contributed by atoms with Crippen molar-refractivity contribution in [3.05, 3.63) is 24.3 Å². The molecule has 3 saturated carbocycles. The first-order valence-corrected chi connectivity index (χ1v) is 13.1. The quantitative estimate of drug-likeness (QED) is 0.366. The molecule has 0 heteroatoms. The molecule has 160 valence electrons. The van der Waals surface area contributed by atoms with Crippen molar-refractivity contribution in [2.24, 2.45) is 35.5 Å². The highest BCUT2D eigenvalue weighted by molar-refractivity contribution is 4.96. The summed E-state index contributed by atoms with van der Waals surface area (Å²) in [5, 5.41) is 0. The van der Waals surface area contributed by atoms with Crippen LogP contribution in [0.5, 0.6) is 0 Å². The van der Waals surface area contributed by atoms with Gasteiger partial charge in [-0.3, -0.25) is 0 Å². The van der Waals surface area contributed by atoms with Gasteiger partial charge >= 0.3 is 0 Å². The van der Waals surface area contributed by atoms with E-state index in [1.807, 2.05) is 0 Å². The van der Waals surface area contributed by atoms with Gasteiger partial charge in [-0.15, -0.1) is 0 Å². The molecule has 0 aromatic rings. The van der Waals surface area contributed by atoms with Crippen molar-refractivity contribution in [1.82, 2.24) is 0 Å². The fourth-order valence-electron chi connectivity index (χ4n) is 6.50. The predicted octanol–water partition coefficient (Wildman–Crippen LogP) is 9.12. The third kappa shape index (κ3) is 7.07. The van der Waals surface area contributed by atoms with Gasteiger partial charge in [-0.1, -0.05) is 70.3 Å². The maximum Gasteiger partial charge on any atom is -0.0233 e. The second-order valence-corrected chi connectivity index (χ2v) is 10.5. The van der Waals surface area contributed by atoms with Gasteiger partial charge in [-0.25, -0.2) is 0 Å². The number of rotatable bonds is 8. The first-order chi connectivity index (χ1) is 13.8. The lowest BCUT2D eigenvalue weighted by Gasteiger charge is -2.37. The van der Waals surface area contributed by atoms with Gasteiger partial charge in [0, 0.05) is 0 Å². The summed E-state index contributed by atoms with van der Waals surface area (Å²) < 4.78 is 0. The van der Waals surface area contributed by atoms with Crippen LogP contribution in [0.3, 0.4) is 0 Å². The lowest BCUT2D eigenvalue weighted by Crippen LogP contribution is -2.25. The molecule has 3 aliphatic carbocycles. The van der Waals surface area contributed by atoms with E-state index in [9.17, 15) is 0 Å². The number of hydrogen-bond donors (Lipinski definition) is 0. The van der Waals surface area contributed by atoms with Crippen molar-refractivity contribution in [3.8, 4) is 0 Å². The molecule has 0 bridgehead atoms. The van der Waals surface area contributed by atoms with Crippen LogP contribution < -0.4 is 0 Å². The molecule has 0 saturated heterocycles. The molecule has 3 aliphatic rings. The van der Waals surface area contributed by atoms with Gasteiger partial charge in [0.25, 0.3) is 0 Å². The number of allylic oxidation sites excluding steroid dienone is 4. The van der Waals surface area contributed by atoms with E-state index in [-0.39, 0.29) is 0 Å². The van der Waals surface area contributed by atoms with E-state index >= 15 is 0 Å². The highest BCUT2D eigenvalue weighted by Crippen LogP contribution is 2.42.